The Morgan fingerprint density at radius 3 is 2.46 bits per heavy atom. The molecule has 66 valence electrons. The van der Waals surface area contributed by atoms with Crippen LogP contribution in [0.2, 0.25) is 10.0 Å². The number of nitrogen functional groups attached to an aromatic ring is 1. The Labute approximate surface area is 109 Å². The summed E-state index contributed by atoms with van der Waals surface area (Å²) >= 11 is 11.2. The number of hydrogen-bond donors (Lipinski definition) is 2. The normalized spacial score (nSPS) is 9.08. The van der Waals surface area contributed by atoms with Gasteiger partial charge in [-0.3, -0.25) is 0 Å². The van der Waals surface area contributed by atoms with Crippen LogP contribution in [0.1, 0.15) is 11.8 Å². The van der Waals surface area contributed by atoms with Crippen molar-refractivity contribution in [3.8, 4) is 0 Å². The largest absolute Gasteiger partial charge is 1.00 e. The Balaban J connectivity index is 0. The first-order valence-electron chi connectivity index (χ1n) is 3.00. The molecule has 1 aromatic carbocycles. The number of nitrogens with two attached hydrogens (primary N) is 1. The molecule has 0 fully saturated rings. The maximum Gasteiger partial charge on any atom is 1.00 e. The van der Waals surface area contributed by atoms with Crippen molar-refractivity contribution < 1.29 is 40.9 Å². The van der Waals surface area contributed by atoms with Gasteiger partial charge in [0.2, 0.25) is 0 Å². The molecular formula is C7H6Cl2NNaO2. The van der Waals surface area contributed by atoms with Gasteiger partial charge in [-0.2, -0.15) is 0 Å². The van der Waals surface area contributed by atoms with E-state index in [0.29, 0.717) is 0 Å². The summed E-state index contributed by atoms with van der Waals surface area (Å²) in [6.45, 7) is 0. The summed E-state index contributed by atoms with van der Waals surface area (Å²) in [6.07, 6.45) is 0. The zero-order valence-corrected chi connectivity index (χ0v) is 10.4. The van der Waals surface area contributed by atoms with Crippen LogP contribution in [0.3, 0.4) is 0 Å². The van der Waals surface area contributed by atoms with Crippen LogP contribution in [-0.2, 0) is 0 Å². The molecule has 0 aromatic heterocycles. The Morgan fingerprint density at radius 1 is 1.46 bits per heavy atom. The molecule has 0 saturated carbocycles. The number of carbonyl (C=O) groups is 1. The zero-order valence-electron chi connectivity index (χ0n) is 7.84. The average molecular weight is 230 g/mol. The molecule has 0 aliphatic rings. The van der Waals surface area contributed by atoms with Crippen molar-refractivity contribution in [2.75, 3.05) is 5.73 Å². The Kier molecular flexibility index (Phi) is 5.10. The van der Waals surface area contributed by atoms with Crippen LogP contribution >= 0.6 is 23.2 Å². The van der Waals surface area contributed by atoms with Gasteiger partial charge in [0.15, 0.2) is 0 Å². The predicted molar refractivity (Wildman–Crippen MR) is 48.9 cm³/mol. The summed E-state index contributed by atoms with van der Waals surface area (Å²) in [7, 11) is 0. The molecule has 1 aromatic rings. The van der Waals surface area contributed by atoms with Gasteiger partial charge in [-0.1, -0.05) is 23.2 Å². The Bertz CT molecular complexity index is 349. The molecule has 6 heteroatoms. The van der Waals surface area contributed by atoms with Crippen LogP contribution in [0.4, 0.5) is 5.69 Å². The van der Waals surface area contributed by atoms with Crippen LogP contribution < -0.4 is 35.3 Å². The van der Waals surface area contributed by atoms with Gasteiger partial charge in [0.25, 0.3) is 0 Å². The molecule has 0 heterocycles. The van der Waals surface area contributed by atoms with Crippen molar-refractivity contribution in [1.82, 2.24) is 0 Å². The first-order chi connectivity index (χ1) is 5.52. The van der Waals surface area contributed by atoms with Gasteiger partial charge >= 0.3 is 35.5 Å². The summed E-state index contributed by atoms with van der Waals surface area (Å²) in [6, 6.07) is 2.65. The van der Waals surface area contributed by atoms with Gasteiger partial charge in [-0.15, -0.1) is 0 Å². The fourth-order valence-electron chi connectivity index (χ4n) is 0.766. The molecule has 13 heavy (non-hydrogen) atoms. The number of carboxylic acid groups (broad SMARTS) is 1. The predicted octanol–water partition coefficient (Wildman–Crippen LogP) is -0.610. The van der Waals surface area contributed by atoms with Crippen molar-refractivity contribution in [2.24, 2.45) is 0 Å². The average Bonchev–Trinajstić information content (AvgIpc) is 1.96. The molecule has 0 saturated heterocycles. The SMILES string of the molecule is Nc1cc(Cl)cc(C(=O)O)c1Cl.[H-].[Na+]. The minimum absolute atomic E-state index is 0. The molecule has 3 nitrogen and oxygen atoms in total. The van der Waals surface area contributed by atoms with Crippen molar-refractivity contribution in [1.29, 1.82) is 0 Å². The van der Waals surface area contributed by atoms with Crippen molar-refractivity contribution in [2.45, 2.75) is 0 Å². The Hall–Kier alpha value is 0.0700. The maximum atomic E-state index is 10.5. The molecule has 0 amide bonds. The van der Waals surface area contributed by atoms with E-state index in [1.54, 1.807) is 0 Å². The van der Waals surface area contributed by atoms with Gasteiger partial charge in [-0.25, -0.2) is 4.79 Å². The van der Waals surface area contributed by atoms with E-state index in [1.165, 1.54) is 12.1 Å². The number of anilines is 1. The van der Waals surface area contributed by atoms with Gasteiger partial charge in [0.1, 0.15) is 0 Å². The summed E-state index contributed by atoms with van der Waals surface area (Å²) < 4.78 is 0. The van der Waals surface area contributed by atoms with Crippen molar-refractivity contribution >= 4 is 34.9 Å². The molecule has 3 N–H and O–H groups in total. The molecule has 0 aliphatic heterocycles. The zero-order chi connectivity index (χ0) is 9.30. The second kappa shape index (κ2) is 5.08. The molecule has 0 aliphatic carbocycles. The summed E-state index contributed by atoms with van der Waals surface area (Å²) in [4.78, 5) is 10.5. The van der Waals surface area contributed by atoms with Crippen LogP contribution in [0.15, 0.2) is 12.1 Å². The third-order valence-corrected chi connectivity index (χ3v) is 1.94. The standard InChI is InChI=1S/C7H5Cl2NO2.Na.H/c8-3-1-4(7(11)12)6(9)5(10)2-3;;/h1-2H,10H2,(H,11,12);;/q;+1;-1. The Morgan fingerprint density at radius 2 is 2.00 bits per heavy atom. The fraction of sp³-hybridized carbons (Fsp3) is 0. The maximum absolute atomic E-state index is 10.5. The number of carboxylic acids is 1. The minimum atomic E-state index is -1.14. The topological polar surface area (TPSA) is 63.3 Å². The van der Waals surface area contributed by atoms with E-state index >= 15 is 0 Å². The van der Waals surface area contributed by atoms with E-state index < -0.39 is 5.97 Å². The fourth-order valence-corrected chi connectivity index (χ4v) is 1.18. The quantitative estimate of drug-likeness (QED) is 0.499. The van der Waals surface area contributed by atoms with Crippen LogP contribution in [0.25, 0.3) is 0 Å². The van der Waals surface area contributed by atoms with E-state index in [-0.39, 0.29) is 52.3 Å². The van der Waals surface area contributed by atoms with Crippen LogP contribution in [-0.4, -0.2) is 11.1 Å². The van der Waals surface area contributed by atoms with Crippen molar-refractivity contribution in [3.05, 3.63) is 27.7 Å². The summed E-state index contributed by atoms with van der Waals surface area (Å²) in [5, 5.41) is 8.89. The number of hydrogen-bond acceptors (Lipinski definition) is 2. The molecule has 0 bridgehead atoms. The number of aromatic carboxylic acids is 1. The number of halogens is 2. The first-order valence-corrected chi connectivity index (χ1v) is 3.76. The second-order valence-electron chi connectivity index (χ2n) is 2.16. The third kappa shape index (κ3) is 3.04. The molecule has 0 radical (unpaired) electrons. The molecule has 0 spiro atoms. The van der Waals surface area contributed by atoms with Crippen LogP contribution in [0, 0.1) is 0 Å². The van der Waals surface area contributed by atoms with E-state index in [2.05, 4.69) is 0 Å². The smallest absolute Gasteiger partial charge is 1.00 e. The number of benzene rings is 1. The van der Waals surface area contributed by atoms with Crippen molar-refractivity contribution in [3.63, 3.8) is 0 Å². The first kappa shape index (κ1) is 13.1. The van der Waals surface area contributed by atoms with E-state index in [0.717, 1.165) is 0 Å². The molecular weight excluding hydrogens is 224 g/mol. The third-order valence-electron chi connectivity index (χ3n) is 1.30. The van der Waals surface area contributed by atoms with E-state index in [4.69, 9.17) is 34.0 Å². The van der Waals surface area contributed by atoms with Crippen LogP contribution in [0.5, 0.6) is 0 Å². The van der Waals surface area contributed by atoms with Gasteiger partial charge < -0.3 is 12.3 Å². The van der Waals surface area contributed by atoms with E-state index in [9.17, 15) is 4.79 Å². The second-order valence-corrected chi connectivity index (χ2v) is 2.98. The summed E-state index contributed by atoms with van der Waals surface area (Å²) in [5.74, 6) is -1.14. The van der Waals surface area contributed by atoms with Gasteiger partial charge in [-0.05, 0) is 12.1 Å². The monoisotopic (exact) mass is 229 g/mol. The number of rotatable bonds is 1. The molecule has 0 unspecified atom stereocenters. The van der Waals surface area contributed by atoms with Gasteiger partial charge in [0.05, 0.1) is 16.3 Å². The minimum Gasteiger partial charge on any atom is -1.00 e. The molecule has 0 atom stereocenters. The summed E-state index contributed by atoms with van der Waals surface area (Å²) in [5.41, 5.74) is 5.47. The van der Waals surface area contributed by atoms with Gasteiger partial charge in [0, 0.05) is 5.02 Å². The van der Waals surface area contributed by atoms with E-state index in [1.807, 2.05) is 0 Å². The molecule has 1 rings (SSSR count).